The van der Waals surface area contributed by atoms with Crippen molar-refractivity contribution in [1.82, 2.24) is 5.32 Å². The first-order chi connectivity index (χ1) is 18.5. The number of ketones is 1. The Hall–Kier alpha value is -3.88. The highest BCUT2D eigenvalue weighted by molar-refractivity contribution is 6.08. The normalized spacial score (nSPS) is 18.3. The number of nitrogens with one attached hydrogen (secondary N) is 2. The summed E-state index contributed by atoms with van der Waals surface area (Å²) in [6.07, 6.45) is 5.35. The van der Waals surface area contributed by atoms with Gasteiger partial charge in [-0.3, -0.25) is 9.59 Å². The Morgan fingerprint density at radius 2 is 1.67 bits per heavy atom. The molecule has 0 saturated heterocycles. The van der Waals surface area contributed by atoms with Crippen molar-refractivity contribution < 1.29 is 24.3 Å². The molecule has 3 N–H and O–H groups in total. The van der Waals surface area contributed by atoms with Crippen LogP contribution in [0.4, 0.5) is 21.9 Å². The Morgan fingerprint density at radius 3 is 2.31 bits per heavy atom. The maximum Gasteiger partial charge on any atom is 0.336 e. The lowest BCUT2D eigenvalue weighted by Crippen LogP contribution is -2.55. The lowest BCUT2D eigenvalue weighted by atomic mass is 9.90. The Labute approximate surface area is 229 Å². The third-order valence-electron chi connectivity index (χ3n) is 7.61. The van der Waals surface area contributed by atoms with E-state index in [1.54, 1.807) is 19.1 Å². The van der Waals surface area contributed by atoms with Gasteiger partial charge < -0.3 is 25.5 Å². The van der Waals surface area contributed by atoms with Crippen molar-refractivity contribution in [3.63, 3.8) is 0 Å². The fourth-order valence-electron chi connectivity index (χ4n) is 5.26. The molecular weight excluding hydrogens is 496 g/mol. The molecule has 0 aromatic heterocycles. The molecule has 3 amide bonds. The van der Waals surface area contributed by atoms with Crippen LogP contribution in [0.15, 0.2) is 42.5 Å². The van der Waals surface area contributed by atoms with Crippen LogP contribution in [-0.2, 0) is 9.59 Å². The number of carbonyl (C=O) groups is 4. The van der Waals surface area contributed by atoms with Gasteiger partial charge in [0.05, 0.1) is 23.5 Å². The first kappa shape index (κ1) is 28.1. The first-order valence-corrected chi connectivity index (χ1v) is 13.6. The lowest BCUT2D eigenvalue weighted by Gasteiger charge is -2.37. The van der Waals surface area contributed by atoms with Crippen molar-refractivity contribution in [1.29, 1.82) is 0 Å². The number of aromatic carboxylic acids is 1. The SMILES string of the molecule is Cc1ccc(NC(=O)N[C@@H]2CN(C3CCCCC3)c3ccccc3N(CC(=O)C(C)(C)C)C2=O)cc1C(=O)O. The second kappa shape index (κ2) is 11.5. The van der Waals surface area contributed by atoms with Crippen LogP contribution >= 0.6 is 0 Å². The second-order valence-electron chi connectivity index (χ2n) is 11.5. The van der Waals surface area contributed by atoms with E-state index in [0.29, 0.717) is 16.9 Å². The van der Waals surface area contributed by atoms with Gasteiger partial charge in [0, 0.05) is 23.7 Å². The summed E-state index contributed by atoms with van der Waals surface area (Å²) in [5, 5.41) is 14.9. The minimum Gasteiger partial charge on any atom is -0.478 e. The Bertz CT molecular complexity index is 1260. The number of amides is 3. The molecule has 2 aromatic carbocycles. The van der Waals surface area contributed by atoms with Gasteiger partial charge in [0.1, 0.15) is 6.04 Å². The first-order valence-electron chi connectivity index (χ1n) is 13.6. The fourth-order valence-corrected chi connectivity index (χ4v) is 5.26. The van der Waals surface area contributed by atoms with Crippen molar-refractivity contribution >= 4 is 40.8 Å². The summed E-state index contributed by atoms with van der Waals surface area (Å²) in [5.74, 6) is -1.53. The molecule has 2 aliphatic rings. The van der Waals surface area contributed by atoms with E-state index >= 15 is 0 Å². The standard InChI is InChI=1S/C30H38N4O5/c1-19-14-15-20(16-22(19)28(37)38)31-29(39)32-23-17-33(21-10-6-5-7-11-21)24-12-8-9-13-25(24)34(27(23)36)18-26(35)30(2,3)4/h8-9,12-16,21,23H,5-7,10-11,17-18H2,1-4H3,(H,37,38)(H2,31,32,39)/t23-/m1/s1. The smallest absolute Gasteiger partial charge is 0.336 e. The van der Waals surface area contributed by atoms with Gasteiger partial charge >= 0.3 is 12.0 Å². The van der Waals surface area contributed by atoms with E-state index in [-0.39, 0.29) is 36.4 Å². The number of para-hydroxylation sites is 2. The van der Waals surface area contributed by atoms with E-state index in [4.69, 9.17) is 0 Å². The quantitative estimate of drug-likeness (QED) is 0.481. The van der Waals surface area contributed by atoms with Gasteiger partial charge in [-0.25, -0.2) is 9.59 Å². The Kier molecular flexibility index (Phi) is 8.28. The van der Waals surface area contributed by atoms with Gasteiger partial charge in [-0.15, -0.1) is 0 Å². The number of carboxylic acid groups (broad SMARTS) is 1. The average molecular weight is 535 g/mol. The predicted octanol–water partition coefficient (Wildman–Crippen LogP) is 4.98. The minimum atomic E-state index is -1.09. The zero-order valence-corrected chi connectivity index (χ0v) is 23.1. The van der Waals surface area contributed by atoms with Crippen molar-refractivity contribution in [2.75, 3.05) is 28.2 Å². The number of hydrogen-bond acceptors (Lipinski definition) is 5. The molecule has 0 spiro atoms. The van der Waals surface area contributed by atoms with Crippen LogP contribution in [0.3, 0.4) is 0 Å². The highest BCUT2D eigenvalue weighted by Crippen LogP contribution is 2.37. The van der Waals surface area contributed by atoms with E-state index < -0.39 is 23.5 Å². The molecular formula is C30H38N4O5. The van der Waals surface area contributed by atoms with Gasteiger partial charge in [0.2, 0.25) is 0 Å². The van der Waals surface area contributed by atoms with E-state index in [0.717, 1.165) is 31.4 Å². The lowest BCUT2D eigenvalue weighted by molar-refractivity contribution is -0.127. The molecule has 2 aromatic rings. The third-order valence-corrected chi connectivity index (χ3v) is 7.61. The van der Waals surface area contributed by atoms with Crippen LogP contribution in [0.2, 0.25) is 0 Å². The maximum atomic E-state index is 14.0. The molecule has 9 nitrogen and oxygen atoms in total. The Balaban J connectivity index is 1.66. The number of aryl methyl sites for hydroxylation is 1. The molecule has 1 atom stereocenters. The molecule has 9 heteroatoms. The zero-order chi connectivity index (χ0) is 28.3. The van der Waals surface area contributed by atoms with Crippen molar-refractivity contribution in [2.45, 2.75) is 71.9 Å². The molecule has 0 bridgehead atoms. The van der Waals surface area contributed by atoms with Crippen molar-refractivity contribution in [3.8, 4) is 0 Å². The van der Waals surface area contributed by atoms with E-state index in [1.807, 2.05) is 45.0 Å². The minimum absolute atomic E-state index is 0.0826. The molecule has 1 aliphatic heterocycles. The number of fused-ring (bicyclic) bond motifs is 1. The number of carbonyl (C=O) groups excluding carboxylic acids is 3. The molecule has 1 heterocycles. The van der Waals surface area contributed by atoms with Gasteiger partial charge in [0.15, 0.2) is 5.78 Å². The predicted molar refractivity (Wildman–Crippen MR) is 152 cm³/mol. The number of Topliss-reactive ketones (excluding diaryl/α,β-unsaturated/α-hetero) is 1. The van der Waals surface area contributed by atoms with E-state index in [2.05, 4.69) is 15.5 Å². The summed E-state index contributed by atoms with van der Waals surface area (Å²) in [4.78, 5) is 55.5. The molecule has 208 valence electrons. The number of carboxylic acids is 1. The van der Waals surface area contributed by atoms with Crippen LogP contribution in [0.25, 0.3) is 0 Å². The number of rotatable bonds is 6. The zero-order valence-electron chi connectivity index (χ0n) is 23.1. The van der Waals surface area contributed by atoms with E-state index in [1.165, 1.54) is 17.4 Å². The van der Waals surface area contributed by atoms with Crippen LogP contribution in [-0.4, -0.2) is 54.0 Å². The highest BCUT2D eigenvalue weighted by atomic mass is 16.4. The van der Waals surface area contributed by atoms with Gasteiger partial charge in [-0.2, -0.15) is 0 Å². The number of urea groups is 1. The van der Waals surface area contributed by atoms with Crippen LogP contribution in [0.1, 0.15) is 68.8 Å². The summed E-state index contributed by atoms with van der Waals surface area (Å²) >= 11 is 0. The molecule has 1 fully saturated rings. The van der Waals surface area contributed by atoms with Crippen LogP contribution in [0.5, 0.6) is 0 Å². The largest absolute Gasteiger partial charge is 0.478 e. The third kappa shape index (κ3) is 6.41. The number of benzene rings is 2. The molecule has 4 rings (SSSR count). The number of anilines is 3. The monoisotopic (exact) mass is 534 g/mol. The number of nitrogens with zero attached hydrogens (tertiary/aromatic N) is 2. The summed E-state index contributed by atoms with van der Waals surface area (Å²) in [7, 11) is 0. The average Bonchev–Trinajstić information content (AvgIpc) is 3.00. The number of hydrogen-bond donors (Lipinski definition) is 3. The molecule has 0 radical (unpaired) electrons. The summed E-state index contributed by atoms with van der Waals surface area (Å²) in [6, 6.07) is 10.9. The molecule has 1 saturated carbocycles. The maximum absolute atomic E-state index is 14.0. The van der Waals surface area contributed by atoms with Crippen molar-refractivity contribution in [2.24, 2.45) is 5.41 Å². The topological polar surface area (TPSA) is 119 Å². The van der Waals surface area contributed by atoms with E-state index in [9.17, 15) is 24.3 Å². The van der Waals surface area contributed by atoms with Crippen molar-refractivity contribution in [3.05, 3.63) is 53.6 Å². The van der Waals surface area contributed by atoms with Gasteiger partial charge in [-0.05, 0) is 49.6 Å². The Morgan fingerprint density at radius 1 is 1.00 bits per heavy atom. The van der Waals surface area contributed by atoms with Crippen LogP contribution < -0.4 is 20.4 Å². The molecule has 0 unspecified atom stereocenters. The highest BCUT2D eigenvalue weighted by Gasteiger charge is 2.39. The second-order valence-corrected chi connectivity index (χ2v) is 11.5. The van der Waals surface area contributed by atoms with Gasteiger partial charge in [0.25, 0.3) is 5.91 Å². The van der Waals surface area contributed by atoms with Gasteiger partial charge in [-0.1, -0.05) is 58.2 Å². The molecule has 39 heavy (non-hydrogen) atoms. The summed E-state index contributed by atoms with van der Waals surface area (Å²) in [6.45, 7) is 7.33. The fraction of sp³-hybridized carbons (Fsp3) is 0.467. The molecule has 1 aliphatic carbocycles. The summed E-state index contributed by atoms with van der Waals surface area (Å²) < 4.78 is 0. The van der Waals surface area contributed by atoms with Crippen LogP contribution in [0, 0.1) is 12.3 Å². The summed E-state index contributed by atoms with van der Waals surface area (Å²) in [5.41, 5.74) is 1.88.